The average Bonchev–Trinajstić information content (AvgIpc) is 3.06. The number of hydrogen-bond donors (Lipinski definition) is 1. The predicted octanol–water partition coefficient (Wildman–Crippen LogP) is 2.27. The number of nitrogens with two attached hydrogens (primary N) is 1. The molecular formula is C20H24N6O. The number of nitrogens with zero attached hydrogens (tertiary/aromatic N) is 5. The highest BCUT2D eigenvalue weighted by molar-refractivity contribution is 5.79. The van der Waals surface area contributed by atoms with E-state index in [1.54, 1.807) is 4.52 Å². The molecule has 2 N–H and O–H groups in total. The first kappa shape index (κ1) is 17.5. The fraction of sp³-hybridized carbons (Fsp3) is 0.400. The third kappa shape index (κ3) is 3.37. The molecule has 4 rings (SSSR count). The highest BCUT2D eigenvalue weighted by Gasteiger charge is 2.25. The van der Waals surface area contributed by atoms with E-state index in [0.29, 0.717) is 18.1 Å². The topological polar surface area (TPSA) is 89.4 Å². The number of benzene rings is 1. The van der Waals surface area contributed by atoms with E-state index < -0.39 is 0 Å². The summed E-state index contributed by atoms with van der Waals surface area (Å²) in [6, 6.07) is 10.6. The lowest BCUT2D eigenvalue weighted by Gasteiger charge is -2.32. The van der Waals surface area contributed by atoms with Gasteiger partial charge in [-0.05, 0) is 38.2 Å². The van der Waals surface area contributed by atoms with Crippen molar-refractivity contribution in [2.45, 2.75) is 39.0 Å². The summed E-state index contributed by atoms with van der Waals surface area (Å²) in [5.74, 6) is 1.34. The Morgan fingerprint density at radius 1 is 1.15 bits per heavy atom. The van der Waals surface area contributed by atoms with E-state index in [-0.39, 0.29) is 11.9 Å². The molecule has 0 aliphatic carbocycles. The Bertz CT molecular complexity index is 973. The molecule has 1 aliphatic rings. The predicted molar refractivity (Wildman–Crippen MR) is 103 cm³/mol. The van der Waals surface area contributed by atoms with Gasteiger partial charge in [0.15, 0.2) is 0 Å². The van der Waals surface area contributed by atoms with E-state index in [9.17, 15) is 4.79 Å². The summed E-state index contributed by atoms with van der Waals surface area (Å²) >= 11 is 0. The van der Waals surface area contributed by atoms with Crippen LogP contribution in [0.15, 0.2) is 30.3 Å². The van der Waals surface area contributed by atoms with Crippen LogP contribution in [-0.4, -0.2) is 43.5 Å². The molecule has 2 aromatic heterocycles. The van der Waals surface area contributed by atoms with Crippen molar-refractivity contribution in [1.82, 2.24) is 24.5 Å². The van der Waals surface area contributed by atoms with Crippen LogP contribution in [0.4, 0.5) is 5.95 Å². The number of aryl methyl sites for hydroxylation is 2. The molecule has 1 aliphatic heterocycles. The molecule has 0 spiro atoms. The Labute approximate surface area is 158 Å². The largest absolute Gasteiger partial charge is 0.366 e. The van der Waals surface area contributed by atoms with Crippen LogP contribution in [0.5, 0.6) is 0 Å². The summed E-state index contributed by atoms with van der Waals surface area (Å²) in [5, 5.41) is 4.17. The molecule has 0 unspecified atom stereocenters. The number of fused-ring (bicyclic) bond motifs is 1. The van der Waals surface area contributed by atoms with Gasteiger partial charge >= 0.3 is 0 Å². The van der Waals surface area contributed by atoms with Crippen molar-refractivity contribution in [1.29, 1.82) is 0 Å². The van der Waals surface area contributed by atoms with E-state index in [2.05, 4.69) is 39.3 Å². The van der Waals surface area contributed by atoms with Gasteiger partial charge in [-0.2, -0.15) is 9.50 Å². The normalized spacial score (nSPS) is 15.4. The fourth-order valence-corrected chi connectivity index (χ4v) is 3.93. The van der Waals surface area contributed by atoms with Gasteiger partial charge in [0.05, 0.1) is 6.42 Å². The fourth-order valence-electron chi connectivity index (χ4n) is 3.93. The molecule has 0 bridgehead atoms. The lowest BCUT2D eigenvalue weighted by molar-refractivity contribution is -0.131. The van der Waals surface area contributed by atoms with Crippen LogP contribution < -0.4 is 5.73 Å². The first-order valence-corrected chi connectivity index (χ1v) is 9.34. The number of piperidine rings is 1. The number of likely N-dealkylation sites (tertiary alicyclic amines) is 1. The maximum Gasteiger partial charge on any atom is 0.254 e. The Morgan fingerprint density at radius 3 is 2.56 bits per heavy atom. The number of anilines is 1. The second-order valence-corrected chi connectivity index (χ2v) is 7.19. The molecule has 1 saturated heterocycles. The van der Waals surface area contributed by atoms with Crippen LogP contribution >= 0.6 is 0 Å². The number of carbonyl (C=O) groups excluding carboxylic acids is 1. The van der Waals surface area contributed by atoms with Gasteiger partial charge in [-0.3, -0.25) is 4.79 Å². The SMILES string of the molecule is Cc1nc2nc(N)nn2c(C)c1CC(=O)N1CCC(c2ccccc2)CC1. The van der Waals surface area contributed by atoms with Crippen LogP contribution in [0.25, 0.3) is 5.78 Å². The summed E-state index contributed by atoms with van der Waals surface area (Å²) in [5.41, 5.74) is 9.63. The second-order valence-electron chi connectivity index (χ2n) is 7.19. The molecule has 7 nitrogen and oxygen atoms in total. The minimum absolute atomic E-state index is 0.141. The van der Waals surface area contributed by atoms with Gasteiger partial charge in [0.1, 0.15) is 0 Å². The molecule has 0 radical (unpaired) electrons. The summed E-state index contributed by atoms with van der Waals surface area (Å²) in [6.45, 7) is 5.42. The Balaban J connectivity index is 1.46. The number of nitrogen functional groups attached to an aromatic ring is 1. The van der Waals surface area contributed by atoms with Crippen molar-refractivity contribution in [3.63, 3.8) is 0 Å². The number of rotatable bonds is 3. The zero-order chi connectivity index (χ0) is 19.0. The molecule has 1 aromatic carbocycles. The van der Waals surface area contributed by atoms with Crippen molar-refractivity contribution < 1.29 is 4.79 Å². The molecule has 3 aromatic rings. The lowest BCUT2D eigenvalue weighted by atomic mass is 9.89. The van der Waals surface area contributed by atoms with Crippen LogP contribution in [0.1, 0.15) is 41.3 Å². The summed E-state index contributed by atoms with van der Waals surface area (Å²) in [7, 11) is 0. The Morgan fingerprint density at radius 2 is 1.85 bits per heavy atom. The van der Waals surface area contributed by atoms with E-state index in [1.807, 2.05) is 24.8 Å². The van der Waals surface area contributed by atoms with Gasteiger partial charge in [-0.15, -0.1) is 5.10 Å². The van der Waals surface area contributed by atoms with Gasteiger partial charge in [-0.1, -0.05) is 30.3 Å². The molecule has 140 valence electrons. The van der Waals surface area contributed by atoms with Crippen LogP contribution in [-0.2, 0) is 11.2 Å². The highest BCUT2D eigenvalue weighted by atomic mass is 16.2. The van der Waals surface area contributed by atoms with Crippen LogP contribution in [0, 0.1) is 13.8 Å². The van der Waals surface area contributed by atoms with Crippen molar-refractivity contribution >= 4 is 17.6 Å². The van der Waals surface area contributed by atoms with Crippen LogP contribution in [0.3, 0.4) is 0 Å². The molecule has 7 heteroatoms. The summed E-state index contributed by atoms with van der Waals surface area (Å²) in [4.78, 5) is 23.4. The van der Waals surface area contributed by atoms with Crippen molar-refractivity contribution in [2.24, 2.45) is 0 Å². The van der Waals surface area contributed by atoms with E-state index >= 15 is 0 Å². The average molecular weight is 364 g/mol. The Hall–Kier alpha value is -2.96. The van der Waals surface area contributed by atoms with Crippen molar-refractivity contribution in [2.75, 3.05) is 18.8 Å². The number of amides is 1. The monoisotopic (exact) mass is 364 g/mol. The molecule has 0 atom stereocenters. The van der Waals surface area contributed by atoms with Crippen LogP contribution in [0.2, 0.25) is 0 Å². The number of aromatic nitrogens is 4. The smallest absolute Gasteiger partial charge is 0.254 e. The van der Waals surface area contributed by atoms with Gasteiger partial charge in [0, 0.05) is 30.0 Å². The third-order valence-corrected chi connectivity index (χ3v) is 5.51. The van der Waals surface area contributed by atoms with Crippen molar-refractivity contribution in [3.8, 4) is 0 Å². The van der Waals surface area contributed by atoms with Crippen molar-refractivity contribution in [3.05, 3.63) is 52.8 Å². The molecular weight excluding hydrogens is 340 g/mol. The van der Waals surface area contributed by atoms with E-state index in [0.717, 1.165) is 42.9 Å². The first-order chi connectivity index (χ1) is 13.0. The third-order valence-electron chi connectivity index (χ3n) is 5.51. The standard InChI is InChI=1S/C20H24N6O/c1-13-17(14(2)26-20(22-13)23-19(21)24-26)12-18(27)25-10-8-16(9-11-25)15-6-4-3-5-7-15/h3-7,16H,8-12H2,1-2H3,(H2,21,24). The molecule has 3 heterocycles. The van der Waals surface area contributed by atoms with Gasteiger partial charge in [0.2, 0.25) is 11.9 Å². The van der Waals surface area contributed by atoms with E-state index in [4.69, 9.17) is 5.73 Å². The second kappa shape index (κ2) is 6.98. The Kier molecular flexibility index (Phi) is 4.51. The van der Waals surface area contributed by atoms with Gasteiger partial charge in [-0.25, -0.2) is 4.98 Å². The quantitative estimate of drug-likeness (QED) is 0.770. The molecule has 27 heavy (non-hydrogen) atoms. The van der Waals surface area contributed by atoms with Gasteiger partial charge < -0.3 is 10.6 Å². The number of hydrogen-bond acceptors (Lipinski definition) is 5. The number of carbonyl (C=O) groups is 1. The first-order valence-electron chi connectivity index (χ1n) is 9.34. The van der Waals surface area contributed by atoms with E-state index in [1.165, 1.54) is 5.56 Å². The molecule has 1 amide bonds. The molecule has 0 saturated carbocycles. The maximum absolute atomic E-state index is 12.9. The maximum atomic E-state index is 12.9. The zero-order valence-electron chi connectivity index (χ0n) is 15.7. The highest BCUT2D eigenvalue weighted by Crippen LogP contribution is 2.28. The zero-order valence-corrected chi connectivity index (χ0v) is 15.7. The molecule has 1 fully saturated rings. The summed E-state index contributed by atoms with van der Waals surface area (Å²) < 4.78 is 1.62. The van der Waals surface area contributed by atoms with Gasteiger partial charge in [0.25, 0.3) is 5.78 Å². The lowest BCUT2D eigenvalue weighted by Crippen LogP contribution is -2.39. The minimum Gasteiger partial charge on any atom is -0.366 e. The summed E-state index contributed by atoms with van der Waals surface area (Å²) in [6.07, 6.45) is 2.34. The minimum atomic E-state index is 0.141.